The summed E-state index contributed by atoms with van der Waals surface area (Å²) >= 11 is 3.33. The molecule has 21 heavy (non-hydrogen) atoms. The van der Waals surface area contributed by atoms with Gasteiger partial charge in [0.1, 0.15) is 10.6 Å². The van der Waals surface area contributed by atoms with Crippen molar-refractivity contribution in [1.82, 2.24) is 15.0 Å². The van der Waals surface area contributed by atoms with Gasteiger partial charge in [0, 0.05) is 16.8 Å². The number of rotatable bonds is 6. The number of aromatic nitrogens is 3. The maximum atomic E-state index is 4.59. The molecule has 110 valence electrons. The SMILES string of the molecule is CCNc1nc(NCc2cscn2)c2cc(CC)sc2n1. The van der Waals surface area contributed by atoms with E-state index in [4.69, 9.17) is 0 Å². The summed E-state index contributed by atoms with van der Waals surface area (Å²) in [6, 6.07) is 2.18. The zero-order valence-corrected chi connectivity index (χ0v) is 13.6. The van der Waals surface area contributed by atoms with Crippen LogP contribution in [0.3, 0.4) is 0 Å². The van der Waals surface area contributed by atoms with Crippen molar-refractivity contribution >= 4 is 44.7 Å². The van der Waals surface area contributed by atoms with E-state index in [1.54, 1.807) is 22.7 Å². The fraction of sp³-hybridized carbons (Fsp3) is 0.357. The number of aryl methyl sites for hydroxylation is 1. The molecule has 7 heteroatoms. The Kier molecular flexibility index (Phi) is 4.31. The molecular weight excluding hydrogens is 302 g/mol. The first-order valence-electron chi connectivity index (χ1n) is 6.95. The predicted molar refractivity (Wildman–Crippen MR) is 90.4 cm³/mol. The van der Waals surface area contributed by atoms with Crippen molar-refractivity contribution in [2.75, 3.05) is 17.2 Å². The van der Waals surface area contributed by atoms with Gasteiger partial charge in [-0.25, -0.2) is 9.97 Å². The summed E-state index contributed by atoms with van der Waals surface area (Å²) in [5, 5.41) is 9.71. The van der Waals surface area contributed by atoms with Crippen molar-refractivity contribution in [3.05, 3.63) is 27.5 Å². The van der Waals surface area contributed by atoms with Gasteiger partial charge in [-0.15, -0.1) is 22.7 Å². The number of hydrogen-bond donors (Lipinski definition) is 2. The Bertz CT molecular complexity index is 720. The summed E-state index contributed by atoms with van der Waals surface area (Å²) in [5.74, 6) is 1.55. The summed E-state index contributed by atoms with van der Waals surface area (Å²) in [6.07, 6.45) is 1.02. The van der Waals surface area contributed by atoms with E-state index in [0.717, 1.165) is 34.7 Å². The first-order valence-corrected chi connectivity index (χ1v) is 8.71. The van der Waals surface area contributed by atoms with Crippen LogP contribution in [0.1, 0.15) is 24.4 Å². The van der Waals surface area contributed by atoms with Gasteiger partial charge in [-0.3, -0.25) is 0 Å². The molecule has 5 nitrogen and oxygen atoms in total. The van der Waals surface area contributed by atoms with Gasteiger partial charge < -0.3 is 10.6 Å². The van der Waals surface area contributed by atoms with Gasteiger partial charge in [0.05, 0.1) is 23.1 Å². The molecule has 0 spiro atoms. The van der Waals surface area contributed by atoms with Gasteiger partial charge in [0.2, 0.25) is 5.95 Å². The standard InChI is InChI=1S/C14H17N5S2/c1-3-10-5-11-12(16-6-9-7-20-8-17-9)18-14(15-4-2)19-13(11)21-10/h5,7-8H,3-4,6H2,1-2H3,(H2,15,16,18,19). The van der Waals surface area contributed by atoms with Crippen LogP contribution in [0.15, 0.2) is 17.0 Å². The Morgan fingerprint density at radius 1 is 1.19 bits per heavy atom. The molecule has 0 amide bonds. The maximum absolute atomic E-state index is 4.59. The van der Waals surface area contributed by atoms with Gasteiger partial charge in [0.25, 0.3) is 0 Å². The second kappa shape index (κ2) is 6.36. The highest BCUT2D eigenvalue weighted by atomic mass is 32.1. The molecule has 3 aromatic rings. The predicted octanol–water partition coefficient (Wildman–Crippen LogP) is 3.75. The Labute approximate surface area is 131 Å². The van der Waals surface area contributed by atoms with E-state index < -0.39 is 0 Å². The topological polar surface area (TPSA) is 62.7 Å². The number of anilines is 2. The number of thiazole rings is 1. The molecule has 3 rings (SSSR count). The Morgan fingerprint density at radius 3 is 2.81 bits per heavy atom. The van der Waals surface area contributed by atoms with Crippen molar-refractivity contribution in [2.45, 2.75) is 26.8 Å². The minimum absolute atomic E-state index is 0.676. The second-order valence-electron chi connectivity index (χ2n) is 4.54. The smallest absolute Gasteiger partial charge is 0.226 e. The number of nitrogens with one attached hydrogen (secondary N) is 2. The van der Waals surface area contributed by atoms with Crippen LogP contribution in [0.5, 0.6) is 0 Å². The Hall–Kier alpha value is -1.73. The summed E-state index contributed by atoms with van der Waals surface area (Å²) in [6.45, 7) is 5.69. The molecule has 3 aromatic heterocycles. The Morgan fingerprint density at radius 2 is 2.10 bits per heavy atom. The third-order valence-electron chi connectivity index (χ3n) is 3.05. The molecule has 0 saturated heterocycles. The van der Waals surface area contributed by atoms with Crippen LogP contribution >= 0.6 is 22.7 Å². The van der Waals surface area contributed by atoms with Crippen molar-refractivity contribution in [2.24, 2.45) is 0 Å². The van der Waals surface area contributed by atoms with Gasteiger partial charge in [-0.1, -0.05) is 6.92 Å². The quantitative estimate of drug-likeness (QED) is 0.724. The summed E-state index contributed by atoms with van der Waals surface area (Å²) in [5.41, 5.74) is 2.87. The zero-order chi connectivity index (χ0) is 14.7. The second-order valence-corrected chi connectivity index (χ2v) is 6.38. The van der Waals surface area contributed by atoms with Crippen molar-refractivity contribution in [3.8, 4) is 0 Å². The number of fused-ring (bicyclic) bond motifs is 1. The fourth-order valence-electron chi connectivity index (χ4n) is 2.02. The van der Waals surface area contributed by atoms with E-state index in [2.05, 4.69) is 38.6 Å². The van der Waals surface area contributed by atoms with Gasteiger partial charge in [-0.05, 0) is 19.4 Å². The lowest BCUT2D eigenvalue weighted by molar-refractivity contribution is 1.04. The van der Waals surface area contributed by atoms with E-state index in [1.165, 1.54) is 4.88 Å². The van der Waals surface area contributed by atoms with E-state index >= 15 is 0 Å². The lowest BCUT2D eigenvalue weighted by Gasteiger charge is -2.08. The molecule has 0 aromatic carbocycles. The van der Waals surface area contributed by atoms with Crippen LogP contribution in [0.25, 0.3) is 10.2 Å². The maximum Gasteiger partial charge on any atom is 0.226 e. The van der Waals surface area contributed by atoms with E-state index in [-0.39, 0.29) is 0 Å². The van der Waals surface area contributed by atoms with Crippen molar-refractivity contribution < 1.29 is 0 Å². The molecule has 0 aliphatic carbocycles. The highest BCUT2D eigenvalue weighted by Gasteiger charge is 2.11. The van der Waals surface area contributed by atoms with Crippen molar-refractivity contribution in [1.29, 1.82) is 0 Å². The lowest BCUT2D eigenvalue weighted by Crippen LogP contribution is -2.06. The lowest BCUT2D eigenvalue weighted by atomic mass is 10.3. The summed E-state index contributed by atoms with van der Waals surface area (Å²) in [4.78, 5) is 15.8. The summed E-state index contributed by atoms with van der Waals surface area (Å²) in [7, 11) is 0. The fourth-order valence-corrected chi connectivity index (χ4v) is 3.54. The van der Waals surface area contributed by atoms with Gasteiger partial charge in [-0.2, -0.15) is 4.98 Å². The minimum atomic E-state index is 0.676. The van der Waals surface area contributed by atoms with Crippen molar-refractivity contribution in [3.63, 3.8) is 0 Å². The van der Waals surface area contributed by atoms with Crippen LogP contribution in [0, 0.1) is 0 Å². The van der Waals surface area contributed by atoms with Crippen LogP contribution in [-0.4, -0.2) is 21.5 Å². The number of hydrogen-bond acceptors (Lipinski definition) is 7. The number of thiophene rings is 1. The normalized spacial score (nSPS) is 11.0. The zero-order valence-electron chi connectivity index (χ0n) is 12.0. The third kappa shape index (κ3) is 3.14. The van der Waals surface area contributed by atoms with Crippen LogP contribution < -0.4 is 10.6 Å². The van der Waals surface area contributed by atoms with Gasteiger partial charge >= 0.3 is 0 Å². The average molecular weight is 319 g/mol. The molecule has 0 radical (unpaired) electrons. The molecule has 0 atom stereocenters. The molecule has 2 N–H and O–H groups in total. The molecule has 0 aliphatic rings. The molecule has 3 heterocycles. The van der Waals surface area contributed by atoms with Crippen LogP contribution in [0.2, 0.25) is 0 Å². The molecule has 0 fully saturated rings. The van der Waals surface area contributed by atoms with Crippen LogP contribution in [0.4, 0.5) is 11.8 Å². The number of nitrogens with zero attached hydrogens (tertiary/aromatic N) is 3. The molecule has 0 unspecified atom stereocenters. The highest BCUT2D eigenvalue weighted by molar-refractivity contribution is 7.18. The molecule has 0 bridgehead atoms. The largest absolute Gasteiger partial charge is 0.364 e. The molecular formula is C14H17N5S2. The van der Waals surface area contributed by atoms with E-state index in [1.807, 2.05) is 17.8 Å². The summed E-state index contributed by atoms with van der Waals surface area (Å²) < 4.78 is 0. The minimum Gasteiger partial charge on any atom is -0.364 e. The average Bonchev–Trinajstić information content (AvgIpc) is 3.14. The van der Waals surface area contributed by atoms with E-state index in [0.29, 0.717) is 12.5 Å². The highest BCUT2D eigenvalue weighted by Crippen LogP contribution is 2.30. The first-order chi connectivity index (χ1) is 10.3. The van der Waals surface area contributed by atoms with Gasteiger partial charge in [0.15, 0.2) is 0 Å². The van der Waals surface area contributed by atoms with Crippen LogP contribution in [-0.2, 0) is 13.0 Å². The first kappa shape index (κ1) is 14.2. The monoisotopic (exact) mass is 319 g/mol. The third-order valence-corrected chi connectivity index (χ3v) is 4.86. The Balaban J connectivity index is 1.94. The molecule has 0 aliphatic heterocycles. The molecule has 0 saturated carbocycles. The van der Waals surface area contributed by atoms with E-state index in [9.17, 15) is 0 Å².